The van der Waals surface area contributed by atoms with Crippen LogP contribution in [-0.4, -0.2) is 13.2 Å². The van der Waals surface area contributed by atoms with Crippen molar-refractivity contribution in [3.05, 3.63) is 57.6 Å². The largest absolute Gasteiger partial charge is 0.398 e. The van der Waals surface area contributed by atoms with Crippen LogP contribution in [0.25, 0.3) is 0 Å². The van der Waals surface area contributed by atoms with Crippen LogP contribution in [0.3, 0.4) is 0 Å². The monoisotopic (exact) mass is 408 g/mol. The molecule has 0 fully saturated rings. The van der Waals surface area contributed by atoms with Gasteiger partial charge in [-0.1, -0.05) is 63.0 Å². The molecular weight excluding hydrogens is 379 g/mol. The van der Waals surface area contributed by atoms with Gasteiger partial charge in [0.15, 0.2) is 0 Å². The molecule has 0 radical (unpaired) electrons. The lowest BCUT2D eigenvalue weighted by Crippen LogP contribution is -2.28. The molecule has 4 N–H and O–H groups in total. The van der Waals surface area contributed by atoms with Crippen LogP contribution >= 0.6 is 23.2 Å². The molecule has 0 saturated heterocycles. The molecule has 0 bridgehead atoms. The molecule has 2 aromatic rings. The molecule has 5 heteroatoms. The third-order valence-corrected chi connectivity index (χ3v) is 5.01. The smallest absolute Gasteiger partial charge is 0.0520 e. The zero-order chi connectivity index (χ0) is 20.2. The highest BCUT2D eigenvalue weighted by Crippen LogP contribution is 2.30. The second-order valence-electron chi connectivity index (χ2n) is 8.86. The number of anilines is 2. The molecule has 148 valence electrons. The van der Waals surface area contributed by atoms with Crippen LogP contribution in [-0.2, 0) is 17.6 Å². The zero-order valence-electron chi connectivity index (χ0n) is 16.6. The maximum atomic E-state index is 6.10. The summed E-state index contributed by atoms with van der Waals surface area (Å²) in [7, 11) is 0. The molecule has 0 aliphatic carbocycles. The molecule has 0 aliphatic rings. The minimum atomic E-state index is -0.0304. The fraction of sp³-hybridized carbons (Fsp3) is 0.455. The summed E-state index contributed by atoms with van der Waals surface area (Å²) in [5.74, 6) is 0. The number of rotatable bonds is 8. The van der Waals surface area contributed by atoms with Gasteiger partial charge in [0.25, 0.3) is 0 Å². The van der Waals surface area contributed by atoms with E-state index in [9.17, 15) is 0 Å². The highest BCUT2D eigenvalue weighted by atomic mass is 35.5. The van der Waals surface area contributed by atoms with Crippen molar-refractivity contribution in [2.24, 2.45) is 10.8 Å². The summed E-state index contributed by atoms with van der Waals surface area (Å²) < 4.78 is 6.10. The zero-order valence-corrected chi connectivity index (χ0v) is 18.1. The van der Waals surface area contributed by atoms with Gasteiger partial charge in [-0.05, 0) is 59.1 Å². The minimum absolute atomic E-state index is 0.0304. The topological polar surface area (TPSA) is 61.3 Å². The van der Waals surface area contributed by atoms with Gasteiger partial charge in [0.2, 0.25) is 0 Å². The van der Waals surface area contributed by atoms with E-state index in [0.29, 0.717) is 23.3 Å². The molecule has 3 nitrogen and oxygen atoms in total. The number of hydrogen-bond acceptors (Lipinski definition) is 3. The molecule has 0 aliphatic heterocycles. The molecule has 27 heavy (non-hydrogen) atoms. The fourth-order valence-electron chi connectivity index (χ4n) is 3.19. The van der Waals surface area contributed by atoms with E-state index in [1.165, 1.54) is 0 Å². The number of benzene rings is 2. The van der Waals surface area contributed by atoms with E-state index in [2.05, 4.69) is 27.7 Å². The van der Waals surface area contributed by atoms with Crippen molar-refractivity contribution >= 4 is 34.6 Å². The van der Waals surface area contributed by atoms with Crippen LogP contribution in [0, 0.1) is 10.8 Å². The Kier molecular flexibility index (Phi) is 7.07. The molecule has 0 heterocycles. The van der Waals surface area contributed by atoms with E-state index in [-0.39, 0.29) is 10.8 Å². The first kappa shape index (κ1) is 21.9. The fourth-order valence-corrected chi connectivity index (χ4v) is 3.55. The Bertz CT molecular complexity index is 722. The quantitative estimate of drug-likeness (QED) is 0.525. The van der Waals surface area contributed by atoms with Crippen molar-refractivity contribution < 1.29 is 4.74 Å². The molecule has 0 unspecified atom stereocenters. The Morgan fingerprint density at radius 2 is 1.11 bits per heavy atom. The first-order chi connectivity index (χ1) is 12.5. The van der Waals surface area contributed by atoms with Gasteiger partial charge in [0, 0.05) is 21.4 Å². The number of ether oxygens (including phenoxy) is 1. The Balaban J connectivity index is 1.90. The third kappa shape index (κ3) is 6.91. The van der Waals surface area contributed by atoms with Gasteiger partial charge in [-0.2, -0.15) is 0 Å². The van der Waals surface area contributed by atoms with Gasteiger partial charge in [0.05, 0.1) is 13.2 Å². The molecule has 2 rings (SSSR count). The summed E-state index contributed by atoms with van der Waals surface area (Å²) in [5, 5.41) is 1.32. The first-order valence-electron chi connectivity index (χ1n) is 9.13. The van der Waals surface area contributed by atoms with Crippen LogP contribution in [0.15, 0.2) is 36.4 Å². The summed E-state index contributed by atoms with van der Waals surface area (Å²) in [5.41, 5.74) is 15.8. The molecule has 0 saturated carbocycles. The number of nitrogen functional groups attached to an aromatic ring is 2. The summed E-state index contributed by atoms with van der Waals surface area (Å²) in [6.07, 6.45) is 1.67. The Morgan fingerprint density at radius 1 is 0.741 bits per heavy atom. The van der Waals surface area contributed by atoms with Gasteiger partial charge in [-0.25, -0.2) is 0 Å². The SMILES string of the molecule is CC(C)(COCC(C)(C)Cc1ccc(Cl)cc1N)Cc1ccc(Cl)cc1N. The van der Waals surface area contributed by atoms with Crippen LogP contribution in [0.5, 0.6) is 0 Å². The molecule has 0 aromatic heterocycles. The summed E-state index contributed by atoms with van der Waals surface area (Å²) >= 11 is 12.0. The highest BCUT2D eigenvalue weighted by molar-refractivity contribution is 6.31. The Hall–Kier alpha value is -1.42. The first-order valence-corrected chi connectivity index (χ1v) is 9.89. The number of nitrogens with two attached hydrogens (primary N) is 2. The van der Waals surface area contributed by atoms with Gasteiger partial charge in [-0.3, -0.25) is 0 Å². The van der Waals surface area contributed by atoms with Gasteiger partial charge >= 0.3 is 0 Å². The van der Waals surface area contributed by atoms with Crippen LogP contribution in [0.1, 0.15) is 38.8 Å². The van der Waals surface area contributed by atoms with Crippen molar-refractivity contribution in [2.45, 2.75) is 40.5 Å². The lowest BCUT2D eigenvalue weighted by molar-refractivity contribution is 0.0155. The lowest BCUT2D eigenvalue weighted by Gasteiger charge is -2.30. The van der Waals surface area contributed by atoms with Gasteiger partial charge in [-0.15, -0.1) is 0 Å². The second-order valence-corrected chi connectivity index (χ2v) is 9.73. The summed E-state index contributed by atoms with van der Waals surface area (Å²) in [4.78, 5) is 0. The minimum Gasteiger partial charge on any atom is -0.398 e. The van der Waals surface area contributed by atoms with E-state index in [4.69, 9.17) is 39.4 Å². The average molecular weight is 409 g/mol. The summed E-state index contributed by atoms with van der Waals surface area (Å²) in [6, 6.07) is 11.3. The predicted molar refractivity (Wildman–Crippen MR) is 118 cm³/mol. The van der Waals surface area contributed by atoms with Crippen molar-refractivity contribution in [2.75, 3.05) is 24.7 Å². The van der Waals surface area contributed by atoms with Crippen LogP contribution in [0.2, 0.25) is 10.0 Å². The maximum Gasteiger partial charge on any atom is 0.0520 e. The molecule has 0 spiro atoms. The molecule has 2 aromatic carbocycles. The highest BCUT2D eigenvalue weighted by Gasteiger charge is 2.24. The molecule has 0 amide bonds. The third-order valence-electron chi connectivity index (χ3n) is 4.54. The van der Waals surface area contributed by atoms with Crippen LogP contribution in [0.4, 0.5) is 11.4 Å². The molecular formula is C22H30Cl2N2O. The van der Waals surface area contributed by atoms with Crippen molar-refractivity contribution in [1.82, 2.24) is 0 Å². The Morgan fingerprint density at radius 3 is 1.44 bits per heavy atom. The number of halogens is 2. The average Bonchev–Trinajstić information content (AvgIpc) is 2.52. The predicted octanol–water partition coefficient (Wildman–Crippen LogP) is 6.01. The van der Waals surface area contributed by atoms with Crippen molar-refractivity contribution in [3.63, 3.8) is 0 Å². The maximum absolute atomic E-state index is 6.10. The van der Waals surface area contributed by atoms with E-state index in [1.807, 2.05) is 24.3 Å². The van der Waals surface area contributed by atoms with Crippen molar-refractivity contribution in [1.29, 1.82) is 0 Å². The summed E-state index contributed by atoms with van der Waals surface area (Å²) in [6.45, 7) is 10.0. The van der Waals surface area contributed by atoms with Crippen molar-refractivity contribution in [3.8, 4) is 0 Å². The van der Waals surface area contributed by atoms with Crippen LogP contribution < -0.4 is 11.5 Å². The van der Waals surface area contributed by atoms with E-state index in [0.717, 1.165) is 35.3 Å². The van der Waals surface area contributed by atoms with Gasteiger partial charge < -0.3 is 16.2 Å². The van der Waals surface area contributed by atoms with E-state index >= 15 is 0 Å². The number of hydrogen-bond donors (Lipinski definition) is 2. The second kappa shape index (κ2) is 8.72. The van der Waals surface area contributed by atoms with Gasteiger partial charge in [0.1, 0.15) is 0 Å². The van der Waals surface area contributed by atoms with E-state index < -0.39 is 0 Å². The lowest BCUT2D eigenvalue weighted by atomic mass is 9.84. The van der Waals surface area contributed by atoms with E-state index in [1.54, 1.807) is 12.1 Å². The Labute approximate surface area is 173 Å². The molecule has 0 atom stereocenters. The normalized spacial score (nSPS) is 12.4. The standard InChI is InChI=1S/C22H30Cl2N2O/c1-21(2,11-15-5-7-17(23)9-19(15)25)13-27-14-22(3,4)12-16-6-8-18(24)10-20(16)26/h5-10H,11-14,25-26H2,1-4H3.